The number of rotatable bonds is 3. The molecule has 0 aliphatic carbocycles. The lowest BCUT2D eigenvalue weighted by Gasteiger charge is -2.33. The van der Waals surface area contributed by atoms with Gasteiger partial charge in [0.2, 0.25) is 0 Å². The molecule has 0 spiro atoms. The fourth-order valence-corrected chi connectivity index (χ4v) is 0.799. The van der Waals surface area contributed by atoms with E-state index in [0.29, 0.717) is 0 Å². The number of hydrogen-bond acceptors (Lipinski definition) is 1. The molecule has 0 aromatic heterocycles. The molecule has 0 aromatic carbocycles. The lowest BCUT2D eigenvalue weighted by Crippen LogP contribution is -2.61. The van der Waals surface area contributed by atoms with Crippen LogP contribution >= 0.6 is 0 Å². The molecule has 0 saturated carbocycles. The highest BCUT2D eigenvalue weighted by atomic mass is 19.4. The van der Waals surface area contributed by atoms with Crippen LogP contribution in [-0.2, 0) is 0 Å². The Morgan fingerprint density at radius 1 is 0.765 bits per heavy atom. The zero-order chi connectivity index (χ0) is 14.1. The normalized spacial score (nSPS) is 18.5. The van der Waals surface area contributed by atoms with Crippen LogP contribution in [0.15, 0.2) is 12.2 Å². The average Bonchev–Trinajstić information content (AvgIpc) is 2.10. The van der Waals surface area contributed by atoms with E-state index in [-0.39, 0.29) is 6.08 Å². The van der Waals surface area contributed by atoms with E-state index in [9.17, 15) is 39.5 Å². The summed E-state index contributed by atoms with van der Waals surface area (Å²) in [5, 5.41) is 8.02. The summed E-state index contributed by atoms with van der Waals surface area (Å²) < 4.78 is 109. The molecule has 1 atom stereocenters. The predicted molar refractivity (Wildman–Crippen MR) is 37.1 cm³/mol. The molecule has 0 aliphatic heterocycles. The van der Waals surface area contributed by atoms with E-state index in [1.54, 1.807) is 0 Å². The Kier molecular flexibility index (Phi) is 4.15. The van der Waals surface area contributed by atoms with Crippen LogP contribution in [0.4, 0.5) is 39.5 Å². The molecule has 17 heavy (non-hydrogen) atoms. The third-order valence-electron chi connectivity index (χ3n) is 1.68. The van der Waals surface area contributed by atoms with E-state index in [1.807, 2.05) is 0 Å². The summed E-state index contributed by atoms with van der Waals surface area (Å²) in [6, 6.07) is 0. The van der Waals surface area contributed by atoms with Crippen molar-refractivity contribution in [1.29, 1.82) is 0 Å². The van der Waals surface area contributed by atoms with Gasteiger partial charge in [-0.2, -0.15) is 35.1 Å². The minimum Gasteiger partial charge on any atom is -0.392 e. The van der Waals surface area contributed by atoms with Gasteiger partial charge in [-0.1, -0.05) is 6.08 Å². The van der Waals surface area contributed by atoms with Gasteiger partial charge < -0.3 is 5.11 Å². The van der Waals surface area contributed by atoms with Crippen molar-refractivity contribution < 1.29 is 44.6 Å². The highest BCUT2D eigenvalue weighted by molar-refractivity contribution is 5.16. The van der Waals surface area contributed by atoms with Crippen LogP contribution in [0.5, 0.6) is 0 Å². The van der Waals surface area contributed by atoms with Crippen molar-refractivity contribution in [1.82, 2.24) is 0 Å². The number of aliphatic hydroxyl groups is 1. The van der Waals surface area contributed by atoms with Gasteiger partial charge in [0.05, 0.1) is 6.61 Å². The predicted octanol–water partition coefficient (Wildman–Crippen LogP) is 3.00. The average molecular weight is 276 g/mol. The summed E-state index contributed by atoms with van der Waals surface area (Å²) in [6.07, 6.45) is -14.5. The summed E-state index contributed by atoms with van der Waals surface area (Å²) in [5.41, 5.74) is -5.93. The molecule has 1 N–H and O–H groups in total. The zero-order valence-electron chi connectivity index (χ0n) is 7.71. The van der Waals surface area contributed by atoms with Crippen molar-refractivity contribution in [3.8, 4) is 0 Å². The standard InChI is InChI=1S/C7H5F9O/c8-4(2-1-3-17,6(11,12)13)5(9,10)7(14,15)16/h1-2,17H,3H2/b2-1+. The molecule has 0 fully saturated rings. The first-order valence-corrected chi connectivity index (χ1v) is 3.80. The Balaban J connectivity index is 5.73. The minimum absolute atomic E-state index is 0.187. The third-order valence-corrected chi connectivity index (χ3v) is 1.68. The van der Waals surface area contributed by atoms with E-state index in [4.69, 9.17) is 5.11 Å². The fraction of sp³-hybridized carbons (Fsp3) is 0.714. The monoisotopic (exact) mass is 276 g/mol. The topological polar surface area (TPSA) is 20.2 Å². The van der Waals surface area contributed by atoms with Gasteiger partial charge in [-0.25, -0.2) is 4.39 Å². The van der Waals surface area contributed by atoms with E-state index >= 15 is 0 Å². The quantitative estimate of drug-likeness (QED) is 0.620. The number of alkyl halides is 9. The SMILES string of the molecule is OC/C=C/C(F)(C(F)(F)F)C(F)(F)C(F)(F)F. The Morgan fingerprint density at radius 2 is 1.18 bits per heavy atom. The second-order valence-corrected chi connectivity index (χ2v) is 2.87. The fourth-order valence-electron chi connectivity index (χ4n) is 0.799. The highest BCUT2D eigenvalue weighted by Crippen LogP contribution is 2.53. The maximum atomic E-state index is 13.0. The lowest BCUT2D eigenvalue weighted by molar-refractivity contribution is -0.369. The van der Waals surface area contributed by atoms with Crippen LogP contribution in [-0.4, -0.2) is 35.7 Å². The molecule has 0 saturated heterocycles. The summed E-state index contributed by atoms with van der Waals surface area (Å²) in [7, 11) is 0. The van der Waals surface area contributed by atoms with Gasteiger partial charge in [0.1, 0.15) is 0 Å². The van der Waals surface area contributed by atoms with Crippen LogP contribution < -0.4 is 0 Å². The molecule has 0 aromatic rings. The minimum atomic E-state index is -6.73. The van der Waals surface area contributed by atoms with Crippen molar-refractivity contribution >= 4 is 0 Å². The second-order valence-electron chi connectivity index (χ2n) is 2.87. The van der Waals surface area contributed by atoms with Gasteiger partial charge in [0.15, 0.2) is 0 Å². The first-order valence-electron chi connectivity index (χ1n) is 3.80. The van der Waals surface area contributed by atoms with Gasteiger partial charge in [-0.15, -0.1) is 0 Å². The smallest absolute Gasteiger partial charge is 0.392 e. The van der Waals surface area contributed by atoms with Crippen molar-refractivity contribution in [3.05, 3.63) is 12.2 Å². The van der Waals surface area contributed by atoms with Crippen molar-refractivity contribution in [2.45, 2.75) is 23.9 Å². The summed E-state index contributed by atoms with van der Waals surface area (Å²) in [5.74, 6) is -6.66. The third kappa shape index (κ3) is 2.67. The largest absolute Gasteiger partial charge is 0.457 e. The van der Waals surface area contributed by atoms with Gasteiger partial charge in [-0.3, -0.25) is 0 Å². The number of halogens is 9. The van der Waals surface area contributed by atoms with Crippen LogP contribution in [0, 0.1) is 0 Å². The van der Waals surface area contributed by atoms with E-state index in [2.05, 4.69) is 0 Å². The molecule has 1 unspecified atom stereocenters. The molecule has 0 radical (unpaired) electrons. The maximum Gasteiger partial charge on any atom is 0.457 e. The molecule has 0 heterocycles. The number of aliphatic hydroxyl groups excluding tert-OH is 1. The van der Waals surface area contributed by atoms with Crippen molar-refractivity contribution in [2.24, 2.45) is 0 Å². The Labute approximate surface area is 88.5 Å². The molecule has 0 rings (SSSR count). The second kappa shape index (κ2) is 4.39. The molecule has 10 heteroatoms. The van der Waals surface area contributed by atoms with Gasteiger partial charge in [0, 0.05) is 0 Å². The van der Waals surface area contributed by atoms with E-state index < -0.39 is 36.6 Å². The Bertz CT molecular complexity index is 289. The van der Waals surface area contributed by atoms with Crippen molar-refractivity contribution in [2.75, 3.05) is 6.61 Å². The van der Waals surface area contributed by atoms with Crippen LogP contribution in [0.25, 0.3) is 0 Å². The van der Waals surface area contributed by atoms with E-state index in [1.165, 1.54) is 0 Å². The zero-order valence-corrected chi connectivity index (χ0v) is 7.71. The van der Waals surface area contributed by atoms with Gasteiger partial charge in [0.25, 0.3) is 5.67 Å². The molecular formula is C7H5F9O. The summed E-state index contributed by atoms with van der Waals surface area (Å²) in [4.78, 5) is 0. The van der Waals surface area contributed by atoms with Gasteiger partial charge >= 0.3 is 18.3 Å². The maximum absolute atomic E-state index is 13.0. The number of allylic oxidation sites excluding steroid dienone is 1. The van der Waals surface area contributed by atoms with Crippen LogP contribution in [0.2, 0.25) is 0 Å². The molecule has 0 bridgehead atoms. The molecule has 102 valence electrons. The summed E-state index contributed by atoms with van der Waals surface area (Å²) in [6.45, 7) is -1.32. The van der Waals surface area contributed by atoms with Crippen LogP contribution in [0.1, 0.15) is 0 Å². The number of hydrogen-bond donors (Lipinski definition) is 1. The Hall–Kier alpha value is -0.930. The first-order chi connectivity index (χ1) is 7.31. The summed E-state index contributed by atoms with van der Waals surface area (Å²) >= 11 is 0. The van der Waals surface area contributed by atoms with E-state index in [0.717, 1.165) is 0 Å². The molecule has 1 nitrogen and oxygen atoms in total. The van der Waals surface area contributed by atoms with Gasteiger partial charge in [-0.05, 0) is 6.08 Å². The van der Waals surface area contributed by atoms with Crippen molar-refractivity contribution in [3.63, 3.8) is 0 Å². The molecule has 0 amide bonds. The molecule has 0 aliphatic rings. The highest BCUT2D eigenvalue weighted by Gasteiger charge is 2.80. The Morgan fingerprint density at radius 3 is 1.41 bits per heavy atom. The molecular weight excluding hydrogens is 271 g/mol. The van der Waals surface area contributed by atoms with Crippen LogP contribution in [0.3, 0.4) is 0 Å². The lowest BCUT2D eigenvalue weighted by atomic mass is 9.95. The first kappa shape index (κ1) is 16.1.